The van der Waals surface area contributed by atoms with Crippen molar-refractivity contribution >= 4 is 70.5 Å². The van der Waals surface area contributed by atoms with Crippen LogP contribution in [-0.4, -0.2) is 0 Å². The molecule has 0 saturated heterocycles. The fourth-order valence-corrected chi connectivity index (χ4v) is 6.97. The monoisotopic (exact) mass is 517 g/mol. The van der Waals surface area contributed by atoms with Gasteiger partial charge in [-0.1, -0.05) is 103 Å². The number of para-hydroxylation sites is 3. The number of fused-ring (bicyclic) bond motifs is 6. The van der Waals surface area contributed by atoms with Crippen molar-refractivity contribution < 1.29 is 4.42 Å². The summed E-state index contributed by atoms with van der Waals surface area (Å²) in [5.74, 6) is 0. The van der Waals surface area contributed by atoms with Gasteiger partial charge in [-0.3, -0.25) is 0 Å². The normalized spacial score (nSPS) is 11.6. The predicted molar refractivity (Wildman–Crippen MR) is 167 cm³/mol. The van der Waals surface area contributed by atoms with Crippen molar-refractivity contribution in [2.75, 3.05) is 4.90 Å². The largest absolute Gasteiger partial charge is 0.454 e. The van der Waals surface area contributed by atoms with E-state index in [1.807, 2.05) is 23.5 Å². The van der Waals surface area contributed by atoms with Gasteiger partial charge in [0.2, 0.25) is 0 Å². The standard InChI is InChI=1S/C36H23NOS/c1-3-12-24(13-4-1)26-22-23-31(36-34(26)29-17-8-10-21-33(29)39-36)37(25-14-5-2-6-15-25)30-19-11-18-28-27-16-7-9-20-32(27)38-35(28)30/h1-23H. The summed E-state index contributed by atoms with van der Waals surface area (Å²) in [5, 5.41) is 4.83. The lowest BCUT2D eigenvalue weighted by Crippen LogP contribution is -2.10. The zero-order valence-electron chi connectivity index (χ0n) is 21.0. The smallest absolute Gasteiger partial charge is 0.159 e. The van der Waals surface area contributed by atoms with Crippen LogP contribution < -0.4 is 4.90 Å². The highest BCUT2D eigenvalue weighted by molar-refractivity contribution is 7.26. The summed E-state index contributed by atoms with van der Waals surface area (Å²) in [6.07, 6.45) is 0. The van der Waals surface area contributed by atoms with E-state index in [0.717, 1.165) is 39.0 Å². The number of nitrogens with zero attached hydrogens (tertiary/aromatic N) is 1. The van der Waals surface area contributed by atoms with Crippen molar-refractivity contribution in [2.24, 2.45) is 0 Å². The van der Waals surface area contributed by atoms with Crippen molar-refractivity contribution in [3.63, 3.8) is 0 Å². The first-order chi connectivity index (χ1) is 19.4. The molecule has 0 N–H and O–H groups in total. The molecule has 0 unspecified atom stereocenters. The van der Waals surface area contributed by atoms with E-state index in [-0.39, 0.29) is 0 Å². The van der Waals surface area contributed by atoms with Gasteiger partial charge in [0.05, 0.1) is 16.1 Å². The van der Waals surface area contributed by atoms with E-state index >= 15 is 0 Å². The van der Waals surface area contributed by atoms with Gasteiger partial charge in [0, 0.05) is 31.9 Å². The first-order valence-electron chi connectivity index (χ1n) is 13.1. The highest BCUT2D eigenvalue weighted by Gasteiger charge is 2.23. The van der Waals surface area contributed by atoms with Gasteiger partial charge in [0.25, 0.3) is 0 Å². The summed E-state index contributed by atoms with van der Waals surface area (Å²) in [6.45, 7) is 0. The summed E-state index contributed by atoms with van der Waals surface area (Å²) < 4.78 is 9.08. The Kier molecular flexibility index (Phi) is 5.04. The lowest BCUT2D eigenvalue weighted by molar-refractivity contribution is 0.669. The van der Waals surface area contributed by atoms with Gasteiger partial charge in [-0.25, -0.2) is 0 Å². The average molecular weight is 518 g/mol. The molecule has 3 heteroatoms. The molecule has 0 aliphatic heterocycles. The van der Waals surface area contributed by atoms with Gasteiger partial charge in [-0.2, -0.15) is 0 Å². The Balaban J connectivity index is 1.48. The first kappa shape index (κ1) is 22.2. The fourth-order valence-electron chi connectivity index (χ4n) is 5.74. The molecule has 39 heavy (non-hydrogen) atoms. The third-order valence-corrected chi connectivity index (χ3v) is 8.66. The van der Waals surface area contributed by atoms with E-state index in [2.05, 4.69) is 132 Å². The average Bonchev–Trinajstić information content (AvgIpc) is 3.58. The van der Waals surface area contributed by atoms with Crippen LogP contribution in [0.5, 0.6) is 0 Å². The van der Waals surface area contributed by atoms with Crippen molar-refractivity contribution in [2.45, 2.75) is 0 Å². The summed E-state index contributed by atoms with van der Waals surface area (Å²) in [7, 11) is 0. The lowest BCUT2D eigenvalue weighted by atomic mass is 9.98. The second kappa shape index (κ2) is 8.87. The second-order valence-corrected chi connectivity index (χ2v) is 10.8. The Morgan fingerprint density at radius 2 is 1.21 bits per heavy atom. The Bertz CT molecular complexity index is 2120. The minimum Gasteiger partial charge on any atom is -0.454 e. The molecule has 6 aromatic carbocycles. The van der Waals surface area contributed by atoms with Crippen LogP contribution in [0.15, 0.2) is 144 Å². The molecule has 2 nitrogen and oxygen atoms in total. The van der Waals surface area contributed by atoms with Crippen LogP contribution in [0.2, 0.25) is 0 Å². The number of furan rings is 1. The zero-order valence-corrected chi connectivity index (χ0v) is 21.9. The first-order valence-corrected chi connectivity index (χ1v) is 13.9. The van der Waals surface area contributed by atoms with Crippen molar-refractivity contribution in [3.8, 4) is 11.1 Å². The van der Waals surface area contributed by atoms with Gasteiger partial charge in [-0.15, -0.1) is 11.3 Å². The molecule has 0 aliphatic rings. The molecular weight excluding hydrogens is 494 g/mol. The zero-order chi connectivity index (χ0) is 25.8. The molecule has 8 rings (SSSR count). The van der Waals surface area contributed by atoms with E-state index in [4.69, 9.17) is 4.42 Å². The number of hydrogen-bond acceptors (Lipinski definition) is 3. The molecule has 0 atom stereocenters. The maximum absolute atomic E-state index is 6.53. The molecule has 2 heterocycles. The summed E-state index contributed by atoms with van der Waals surface area (Å²) in [6, 6.07) is 49.3. The van der Waals surface area contributed by atoms with Crippen LogP contribution in [-0.2, 0) is 0 Å². The Morgan fingerprint density at radius 3 is 2.05 bits per heavy atom. The quantitative estimate of drug-likeness (QED) is 0.231. The third kappa shape index (κ3) is 3.48. The molecule has 0 amide bonds. The maximum Gasteiger partial charge on any atom is 0.159 e. The minimum absolute atomic E-state index is 0.893. The lowest BCUT2D eigenvalue weighted by Gasteiger charge is -2.26. The van der Waals surface area contributed by atoms with E-state index < -0.39 is 0 Å². The predicted octanol–water partition coefficient (Wildman–Crippen LogP) is 11.1. The highest BCUT2D eigenvalue weighted by Crippen LogP contribution is 2.49. The molecular formula is C36H23NOS. The third-order valence-electron chi connectivity index (χ3n) is 7.47. The van der Waals surface area contributed by atoms with Crippen LogP contribution in [0.4, 0.5) is 17.1 Å². The van der Waals surface area contributed by atoms with E-state index in [1.165, 1.54) is 31.3 Å². The van der Waals surface area contributed by atoms with Crippen LogP contribution in [0.3, 0.4) is 0 Å². The number of benzene rings is 6. The van der Waals surface area contributed by atoms with Gasteiger partial charge in [-0.05, 0) is 47.5 Å². The topological polar surface area (TPSA) is 16.4 Å². The molecule has 0 radical (unpaired) electrons. The van der Waals surface area contributed by atoms with Crippen LogP contribution in [0.1, 0.15) is 0 Å². The van der Waals surface area contributed by atoms with E-state index in [0.29, 0.717) is 0 Å². The van der Waals surface area contributed by atoms with Crippen molar-refractivity contribution in [1.82, 2.24) is 0 Å². The molecule has 0 fully saturated rings. The Labute approximate surface area is 230 Å². The number of rotatable bonds is 4. The van der Waals surface area contributed by atoms with Gasteiger partial charge in [0.1, 0.15) is 5.58 Å². The molecule has 8 aromatic rings. The molecule has 0 spiro atoms. The van der Waals surface area contributed by atoms with Gasteiger partial charge < -0.3 is 9.32 Å². The summed E-state index contributed by atoms with van der Waals surface area (Å²) in [5.41, 5.74) is 7.54. The van der Waals surface area contributed by atoms with E-state index in [9.17, 15) is 0 Å². The fraction of sp³-hybridized carbons (Fsp3) is 0. The summed E-state index contributed by atoms with van der Waals surface area (Å²) in [4.78, 5) is 2.36. The van der Waals surface area contributed by atoms with Gasteiger partial charge in [0.15, 0.2) is 5.58 Å². The van der Waals surface area contributed by atoms with Crippen molar-refractivity contribution in [3.05, 3.63) is 140 Å². The van der Waals surface area contributed by atoms with Crippen LogP contribution >= 0.6 is 11.3 Å². The number of anilines is 3. The second-order valence-electron chi connectivity index (χ2n) is 9.72. The molecule has 184 valence electrons. The Hall–Kier alpha value is -4.86. The Morgan fingerprint density at radius 1 is 0.513 bits per heavy atom. The van der Waals surface area contributed by atoms with Crippen LogP contribution in [0.25, 0.3) is 53.2 Å². The maximum atomic E-state index is 6.53. The number of thiophene rings is 1. The molecule has 0 saturated carbocycles. The summed E-state index contributed by atoms with van der Waals surface area (Å²) >= 11 is 1.85. The van der Waals surface area contributed by atoms with E-state index in [1.54, 1.807) is 0 Å². The SMILES string of the molecule is c1ccc(-c2ccc(N(c3ccccc3)c3cccc4c3oc3ccccc34)c3sc4ccccc4c23)cc1. The molecule has 0 bridgehead atoms. The highest BCUT2D eigenvalue weighted by atomic mass is 32.1. The van der Waals surface area contributed by atoms with Crippen LogP contribution in [0, 0.1) is 0 Å². The molecule has 0 aliphatic carbocycles. The van der Waals surface area contributed by atoms with Crippen molar-refractivity contribution in [1.29, 1.82) is 0 Å². The molecule has 2 aromatic heterocycles. The minimum atomic E-state index is 0.893. The van der Waals surface area contributed by atoms with Gasteiger partial charge >= 0.3 is 0 Å². The number of hydrogen-bond donors (Lipinski definition) is 0.